The van der Waals surface area contributed by atoms with Crippen LogP contribution < -0.4 is 0 Å². The Kier molecular flexibility index (Phi) is 3.22. The summed E-state index contributed by atoms with van der Waals surface area (Å²) in [5.41, 5.74) is 2.73. The highest BCUT2D eigenvalue weighted by Gasteiger charge is 2.18. The van der Waals surface area contributed by atoms with Gasteiger partial charge in [-0.15, -0.1) is 0 Å². The van der Waals surface area contributed by atoms with Crippen molar-refractivity contribution in [3.8, 4) is 0 Å². The number of aldehydes is 1. The van der Waals surface area contributed by atoms with Gasteiger partial charge >= 0.3 is 5.97 Å². The second-order valence-electron chi connectivity index (χ2n) is 4.90. The summed E-state index contributed by atoms with van der Waals surface area (Å²) in [7, 11) is 0. The highest BCUT2D eigenvalue weighted by Crippen LogP contribution is 2.31. The summed E-state index contributed by atoms with van der Waals surface area (Å²) < 4.78 is 5.07. The minimum absolute atomic E-state index is 0.327. The van der Waals surface area contributed by atoms with Crippen molar-refractivity contribution >= 4 is 33.9 Å². The highest BCUT2D eigenvalue weighted by atomic mass is 16.5. The minimum Gasteiger partial charge on any atom is -0.461 e. The van der Waals surface area contributed by atoms with Crippen LogP contribution in [0.2, 0.25) is 0 Å². The van der Waals surface area contributed by atoms with E-state index < -0.39 is 0 Å². The number of carbonyl (C=O) groups excluding carboxylic acids is 2. The van der Waals surface area contributed by atoms with Gasteiger partial charge < -0.3 is 9.72 Å². The molecule has 0 atom stereocenters. The van der Waals surface area contributed by atoms with Crippen LogP contribution in [0.1, 0.15) is 33.3 Å². The Morgan fingerprint density at radius 1 is 1.24 bits per heavy atom. The largest absolute Gasteiger partial charge is 0.461 e. The second kappa shape index (κ2) is 5.05. The number of aromatic amines is 1. The number of aromatic nitrogens is 1. The van der Waals surface area contributed by atoms with Crippen LogP contribution >= 0.6 is 0 Å². The van der Waals surface area contributed by atoms with Crippen LogP contribution in [0, 0.1) is 6.92 Å². The van der Waals surface area contributed by atoms with Crippen LogP contribution in [0.25, 0.3) is 21.7 Å². The van der Waals surface area contributed by atoms with Crippen LogP contribution in [0.15, 0.2) is 30.3 Å². The van der Waals surface area contributed by atoms with Gasteiger partial charge in [0.15, 0.2) is 6.29 Å². The van der Waals surface area contributed by atoms with Crippen molar-refractivity contribution in [3.05, 3.63) is 47.2 Å². The molecule has 0 aliphatic heterocycles. The normalized spacial score (nSPS) is 11.0. The van der Waals surface area contributed by atoms with Gasteiger partial charge in [0.05, 0.1) is 12.1 Å². The molecule has 1 N–H and O–H groups in total. The summed E-state index contributed by atoms with van der Waals surface area (Å²) in [4.78, 5) is 26.5. The number of benzene rings is 2. The van der Waals surface area contributed by atoms with Gasteiger partial charge in [-0.3, -0.25) is 4.79 Å². The number of carbonyl (C=O) groups is 2. The van der Waals surface area contributed by atoms with E-state index in [0.717, 1.165) is 33.5 Å². The maximum absolute atomic E-state index is 12.0. The van der Waals surface area contributed by atoms with Crippen LogP contribution in [0.4, 0.5) is 0 Å². The number of esters is 1. The molecule has 0 saturated heterocycles. The van der Waals surface area contributed by atoms with Gasteiger partial charge in [-0.1, -0.05) is 24.3 Å². The molecule has 0 amide bonds. The number of ether oxygens (including phenoxy) is 1. The molecule has 0 aliphatic rings. The lowest BCUT2D eigenvalue weighted by atomic mass is 10.0. The average Bonchev–Trinajstić information content (AvgIpc) is 2.84. The third-order valence-electron chi connectivity index (χ3n) is 3.71. The lowest BCUT2D eigenvalue weighted by Gasteiger charge is -2.03. The Balaban J connectivity index is 2.38. The van der Waals surface area contributed by atoms with Crippen molar-refractivity contribution in [2.45, 2.75) is 13.8 Å². The maximum atomic E-state index is 12.0. The maximum Gasteiger partial charge on any atom is 0.355 e. The molecule has 0 spiro atoms. The summed E-state index contributed by atoms with van der Waals surface area (Å²) in [5.74, 6) is -0.372. The third kappa shape index (κ3) is 2.00. The molecule has 0 unspecified atom stereocenters. The van der Waals surface area contributed by atoms with E-state index in [0.29, 0.717) is 17.9 Å². The molecule has 3 aromatic rings. The monoisotopic (exact) mass is 281 g/mol. The van der Waals surface area contributed by atoms with E-state index in [1.54, 1.807) is 6.92 Å². The molecule has 0 aliphatic carbocycles. The molecule has 106 valence electrons. The van der Waals surface area contributed by atoms with Crippen molar-refractivity contribution in [2.24, 2.45) is 0 Å². The average molecular weight is 281 g/mol. The fraction of sp³-hybridized carbons (Fsp3) is 0.176. The number of H-pyrrole nitrogens is 1. The van der Waals surface area contributed by atoms with E-state index in [1.807, 2.05) is 37.3 Å². The molecule has 0 bridgehead atoms. The molecule has 0 saturated carbocycles. The first kappa shape index (κ1) is 13.4. The number of hydrogen-bond donors (Lipinski definition) is 1. The first-order valence-corrected chi connectivity index (χ1v) is 6.83. The minimum atomic E-state index is -0.372. The zero-order chi connectivity index (χ0) is 15.0. The van der Waals surface area contributed by atoms with E-state index in [1.165, 1.54) is 0 Å². The molecular formula is C17H15NO3. The molecule has 4 heteroatoms. The lowest BCUT2D eigenvalue weighted by molar-refractivity contribution is 0.0519. The standard InChI is InChI=1S/C17H15NO3/c1-3-21-17(20)15-10(2)14-8-11(9-19)12-6-4-5-7-13(12)16(14)18-15/h4-9,18H,3H2,1-2H3. The predicted molar refractivity (Wildman–Crippen MR) is 81.9 cm³/mol. The lowest BCUT2D eigenvalue weighted by Crippen LogP contribution is -2.06. The third-order valence-corrected chi connectivity index (χ3v) is 3.71. The van der Waals surface area contributed by atoms with Crippen LogP contribution in [-0.2, 0) is 4.74 Å². The van der Waals surface area contributed by atoms with E-state index in [4.69, 9.17) is 4.74 Å². The number of rotatable bonds is 3. The smallest absolute Gasteiger partial charge is 0.355 e. The van der Waals surface area contributed by atoms with Crippen LogP contribution in [-0.4, -0.2) is 23.8 Å². The van der Waals surface area contributed by atoms with Crippen molar-refractivity contribution in [3.63, 3.8) is 0 Å². The van der Waals surface area contributed by atoms with Gasteiger partial charge in [-0.05, 0) is 30.9 Å². The van der Waals surface area contributed by atoms with Gasteiger partial charge in [-0.2, -0.15) is 0 Å². The number of nitrogens with one attached hydrogen (secondary N) is 1. The van der Waals surface area contributed by atoms with E-state index in [-0.39, 0.29) is 5.97 Å². The Morgan fingerprint density at radius 3 is 2.62 bits per heavy atom. The van der Waals surface area contributed by atoms with Crippen molar-refractivity contribution in [1.29, 1.82) is 0 Å². The van der Waals surface area contributed by atoms with Gasteiger partial charge in [0.2, 0.25) is 0 Å². The summed E-state index contributed by atoms with van der Waals surface area (Å²) >= 11 is 0. The summed E-state index contributed by atoms with van der Waals surface area (Å²) in [6.07, 6.45) is 0.845. The predicted octanol–water partition coefficient (Wildman–Crippen LogP) is 3.62. The van der Waals surface area contributed by atoms with E-state index in [2.05, 4.69) is 4.98 Å². The SMILES string of the molecule is CCOC(=O)c1[nH]c2c(cc(C=O)c3ccccc32)c1C. The zero-order valence-corrected chi connectivity index (χ0v) is 11.9. The fourth-order valence-electron chi connectivity index (χ4n) is 2.69. The molecule has 4 nitrogen and oxygen atoms in total. The Morgan fingerprint density at radius 2 is 1.95 bits per heavy atom. The van der Waals surface area contributed by atoms with Crippen molar-refractivity contribution in [2.75, 3.05) is 6.61 Å². The summed E-state index contributed by atoms with van der Waals surface area (Å²) in [5, 5.41) is 2.67. The Labute approximate surface area is 121 Å². The van der Waals surface area contributed by atoms with E-state index in [9.17, 15) is 9.59 Å². The molecule has 1 aromatic heterocycles. The highest BCUT2D eigenvalue weighted by molar-refractivity contribution is 6.14. The van der Waals surface area contributed by atoms with Crippen molar-refractivity contribution in [1.82, 2.24) is 4.98 Å². The summed E-state index contributed by atoms with van der Waals surface area (Å²) in [6.45, 7) is 3.96. The Hall–Kier alpha value is -2.62. The van der Waals surface area contributed by atoms with Gasteiger partial charge in [-0.25, -0.2) is 4.79 Å². The molecule has 3 rings (SSSR count). The summed E-state index contributed by atoms with van der Waals surface area (Å²) in [6, 6.07) is 9.47. The fourth-order valence-corrected chi connectivity index (χ4v) is 2.69. The molecule has 21 heavy (non-hydrogen) atoms. The first-order valence-electron chi connectivity index (χ1n) is 6.83. The van der Waals surface area contributed by atoms with Crippen LogP contribution in [0.3, 0.4) is 0 Å². The van der Waals surface area contributed by atoms with Gasteiger partial charge in [0.25, 0.3) is 0 Å². The molecule has 0 radical (unpaired) electrons. The molecular weight excluding hydrogens is 266 g/mol. The van der Waals surface area contributed by atoms with Gasteiger partial charge in [0.1, 0.15) is 5.69 Å². The Bertz CT molecular complexity index is 861. The topological polar surface area (TPSA) is 59.2 Å². The number of fused-ring (bicyclic) bond motifs is 3. The van der Waals surface area contributed by atoms with Crippen molar-refractivity contribution < 1.29 is 14.3 Å². The molecule has 0 fully saturated rings. The van der Waals surface area contributed by atoms with Crippen LogP contribution in [0.5, 0.6) is 0 Å². The second-order valence-corrected chi connectivity index (χ2v) is 4.90. The molecule has 1 heterocycles. The first-order chi connectivity index (χ1) is 10.2. The van der Waals surface area contributed by atoms with E-state index >= 15 is 0 Å². The van der Waals surface area contributed by atoms with Gasteiger partial charge in [0, 0.05) is 16.3 Å². The number of aryl methyl sites for hydroxylation is 1. The quantitative estimate of drug-likeness (QED) is 0.589. The zero-order valence-electron chi connectivity index (χ0n) is 11.9. The number of hydrogen-bond acceptors (Lipinski definition) is 3. The molecule has 2 aromatic carbocycles.